The second-order valence-electron chi connectivity index (χ2n) is 6.99. The summed E-state index contributed by atoms with van der Waals surface area (Å²) in [6.07, 6.45) is 3.40. The number of nitrogens with zero attached hydrogens (tertiary/aromatic N) is 1. The van der Waals surface area contributed by atoms with E-state index in [1.54, 1.807) is 0 Å². The highest BCUT2D eigenvalue weighted by Gasteiger charge is 2.13. The second kappa shape index (κ2) is 14.2. The Kier molecular flexibility index (Phi) is 12.7. The van der Waals surface area contributed by atoms with E-state index in [4.69, 9.17) is 14.5 Å². The van der Waals surface area contributed by atoms with Crippen molar-refractivity contribution < 1.29 is 9.47 Å². The SMILES string of the molecule is CCNC(=NCC(C)c1ccc(C)cc1)NCCCOC1CCOCC1.I. The molecular weight excluding hydrogens is 453 g/mol. The lowest BCUT2D eigenvalue weighted by Crippen LogP contribution is -2.38. The van der Waals surface area contributed by atoms with Gasteiger partial charge in [0.1, 0.15) is 0 Å². The highest BCUT2D eigenvalue weighted by Crippen LogP contribution is 2.16. The zero-order valence-electron chi connectivity index (χ0n) is 17.0. The number of guanidine groups is 1. The monoisotopic (exact) mass is 489 g/mol. The Bertz CT molecular complexity index is 531. The van der Waals surface area contributed by atoms with Crippen molar-refractivity contribution in [2.24, 2.45) is 4.99 Å². The van der Waals surface area contributed by atoms with E-state index in [2.05, 4.69) is 55.7 Å². The van der Waals surface area contributed by atoms with Crippen molar-refractivity contribution in [3.63, 3.8) is 0 Å². The summed E-state index contributed by atoms with van der Waals surface area (Å²) >= 11 is 0. The Morgan fingerprint density at radius 1 is 1.22 bits per heavy atom. The van der Waals surface area contributed by atoms with Gasteiger partial charge in [-0.3, -0.25) is 4.99 Å². The fourth-order valence-corrected chi connectivity index (χ4v) is 2.94. The lowest BCUT2D eigenvalue weighted by atomic mass is 10.0. The van der Waals surface area contributed by atoms with Crippen LogP contribution in [0.15, 0.2) is 29.3 Å². The van der Waals surface area contributed by atoms with Gasteiger partial charge in [-0.05, 0) is 38.7 Å². The first-order valence-electron chi connectivity index (χ1n) is 9.97. The van der Waals surface area contributed by atoms with Crippen molar-refractivity contribution in [1.82, 2.24) is 10.6 Å². The molecule has 1 aromatic carbocycles. The van der Waals surface area contributed by atoms with Crippen molar-refractivity contribution >= 4 is 29.9 Å². The smallest absolute Gasteiger partial charge is 0.191 e. The van der Waals surface area contributed by atoms with Gasteiger partial charge in [0.2, 0.25) is 0 Å². The standard InChI is InChI=1S/C21H35N3O2.HI/c1-4-22-21(23-12-5-13-26-20-10-14-25-15-11-20)24-16-18(3)19-8-6-17(2)7-9-19;/h6-9,18,20H,4-5,10-16H2,1-3H3,(H2,22,23,24);1H. The van der Waals surface area contributed by atoms with E-state index in [0.29, 0.717) is 12.0 Å². The molecular formula is C21H36IN3O2. The maximum Gasteiger partial charge on any atom is 0.191 e. The zero-order valence-corrected chi connectivity index (χ0v) is 19.3. The fraction of sp³-hybridized carbons (Fsp3) is 0.667. The molecule has 0 aromatic heterocycles. The minimum atomic E-state index is 0. The van der Waals surface area contributed by atoms with Crippen molar-refractivity contribution in [2.45, 2.75) is 52.1 Å². The minimum Gasteiger partial charge on any atom is -0.381 e. The van der Waals surface area contributed by atoms with Crippen LogP contribution in [-0.4, -0.2) is 51.5 Å². The van der Waals surface area contributed by atoms with Crippen molar-refractivity contribution in [3.05, 3.63) is 35.4 Å². The van der Waals surface area contributed by atoms with Crippen LogP contribution in [0.1, 0.15) is 50.2 Å². The van der Waals surface area contributed by atoms with Gasteiger partial charge in [0.25, 0.3) is 0 Å². The van der Waals surface area contributed by atoms with Crippen molar-refractivity contribution in [1.29, 1.82) is 0 Å². The molecule has 1 aliphatic rings. The number of rotatable bonds is 9. The first kappa shape index (κ1) is 24.2. The molecule has 5 nitrogen and oxygen atoms in total. The number of halogens is 1. The lowest BCUT2D eigenvalue weighted by Gasteiger charge is -2.22. The highest BCUT2D eigenvalue weighted by molar-refractivity contribution is 14.0. The Morgan fingerprint density at radius 3 is 2.59 bits per heavy atom. The Morgan fingerprint density at radius 2 is 1.93 bits per heavy atom. The van der Waals surface area contributed by atoms with Gasteiger partial charge in [0.05, 0.1) is 6.10 Å². The molecule has 0 amide bonds. The quantitative estimate of drug-likeness (QED) is 0.240. The van der Waals surface area contributed by atoms with Crippen molar-refractivity contribution in [2.75, 3.05) is 39.5 Å². The van der Waals surface area contributed by atoms with E-state index < -0.39 is 0 Å². The molecule has 1 fully saturated rings. The van der Waals surface area contributed by atoms with Crippen LogP contribution in [-0.2, 0) is 9.47 Å². The third kappa shape index (κ3) is 9.76. The fourth-order valence-electron chi connectivity index (χ4n) is 2.94. The molecule has 0 spiro atoms. The summed E-state index contributed by atoms with van der Waals surface area (Å²) < 4.78 is 11.3. The predicted octanol–water partition coefficient (Wildman–Crippen LogP) is 3.86. The van der Waals surface area contributed by atoms with E-state index in [-0.39, 0.29) is 24.0 Å². The molecule has 2 N–H and O–H groups in total. The van der Waals surface area contributed by atoms with Crippen LogP contribution in [0.4, 0.5) is 0 Å². The summed E-state index contributed by atoms with van der Waals surface area (Å²) in [5.74, 6) is 1.29. The molecule has 154 valence electrons. The number of hydrogen-bond acceptors (Lipinski definition) is 3. The molecule has 1 heterocycles. The molecule has 1 saturated heterocycles. The first-order chi connectivity index (χ1) is 12.7. The lowest BCUT2D eigenvalue weighted by molar-refractivity contribution is -0.0320. The third-order valence-corrected chi connectivity index (χ3v) is 4.65. The van der Waals surface area contributed by atoms with Gasteiger partial charge < -0.3 is 20.1 Å². The second-order valence-corrected chi connectivity index (χ2v) is 6.99. The van der Waals surface area contributed by atoms with Crippen molar-refractivity contribution in [3.8, 4) is 0 Å². The molecule has 1 aromatic rings. The summed E-state index contributed by atoms with van der Waals surface area (Å²) in [6.45, 7) is 11.4. The average Bonchev–Trinajstić information content (AvgIpc) is 2.67. The van der Waals surface area contributed by atoms with Crippen LogP contribution in [0.3, 0.4) is 0 Å². The van der Waals surface area contributed by atoms with Crippen LogP contribution >= 0.6 is 24.0 Å². The molecule has 0 aliphatic carbocycles. The van der Waals surface area contributed by atoms with Crippen LogP contribution in [0, 0.1) is 6.92 Å². The third-order valence-electron chi connectivity index (χ3n) is 4.65. The normalized spacial score (nSPS) is 16.5. The van der Waals surface area contributed by atoms with Crippen LogP contribution in [0.2, 0.25) is 0 Å². The number of benzene rings is 1. The van der Waals surface area contributed by atoms with Gasteiger partial charge in [-0.25, -0.2) is 0 Å². The molecule has 27 heavy (non-hydrogen) atoms. The summed E-state index contributed by atoms with van der Waals surface area (Å²) in [6, 6.07) is 8.72. The molecule has 0 bridgehead atoms. The molecule has 2 rings (SSSR count). The topological polar surface area (TPSA) is 54.9 Å². The van der Waals surface area contributed by atoms with E-state index in [1.807, 2.05) is 0 Å². The molecule has 6 heteroatoms. The van der Waals surface area contributed by atoms with Gasteiger partial charge in [-0.1, -0.05) is 36.8 Å². The maximum absolute atomic E-state index is 5.91. The van der Waals surface area contributed by atoms with Gasteiger partial charge in [0, 0.05) is 45.4 Å². The predicted molar refractivity (Wildman–Crippen MR) is 123 cm³/mol. The van der Waals surface area contributed by atoms with E-state index >= 15 is 0 Å². The maximum atomic E-state index is 5.91. The molecule has 0 radical (unpaired) electrons. The summed E-state index contributed by atoms with van der Waals surface area (Å²) in [5, 5.41) is 6.73. The Labute approximate surface area is 181 Å². The van der Waals surface area contributed by atoms with Crippen LogP contribution < -0.4 is 10.6 Å². The highest BCUT2D eigenvalue weighted by atomic mass is 127. The van der Waals surface area contributed by atoms with Gasteiger partial charge in [0.15, 0.2) is 5.96 Å². The number of aryl methyl sites for hydroxylation is 1. The van der Waals surface area contributed by atoms with Crippen LogP contribution in [0.5, 0.6) is 0 Å². The summed E-state index contributed by atoms with van der Waals surface area (Å²) in [7, 11) is 0. The Balaban J connectivity index is 0.00000364. The van der Waals surface area contributed by atoms with Gasteiger partial charge in [-0.2, -0.15) is 0 Å². The average molecular weight is 489 g/mol. The zero-order chi connectivity index (χ0) is 18.6. The number of nitrogens with one attached hydrogen (secondary N) is 2. The molecule has 1 atom stereocenters. The Hall–Kier alpha value is -0.860. The molecule has 1 aliphatic heterocycles. The number of hydrogen-bond donors (Lipinski definition) is 2. The van der Waals surface area contributed by atoms with Crippen LogP contribution in [0.25, 0.3) is 0 Å². The number of ether oxygens (including phenoxy) is 2. The summed E-state index contributed by atoms with van der Waals surface area (Å²) in [5.41, 5.74) is 2.63. The molecule has 0 saturated carbocycles. The van der Waals surface area contributed by atoms with Gasteiger partial charge in [-0.15, -0.1) is 24.0 Å². The molecule has 1 unspecified atom stereocenters. The summed E-state index contributed by atoms with van der Waals surface area (Å²) in [4.78, 5) is 4.74. The van der Waals surface area contributed by atoms with E-state index in [9.17, 15) is 0 Å². The first-order valence-corrected chi connectivity index (χ1v) is 9.97. The largest absolute Gasteiger partial charge is 0.381 e. The minimum absolute atomic E-state index is 0. The van der Waals surface area contributed by atoms with E-state index in [1.165, 1.54) is 11.1 Å². The van der Waals surface area contributed by atoms with E-state index in [0.717, 1.165) is 64.7 Å². The van der Waals surface area contributed by atoms with Gasteiger partial charge >= 0.3 is 0 Å². The number of aliphatic imine (C=N–C) groups is 1.